The Morgan fingerprint density at radius 1 is 1.33 bits per heavy atom. The van der Waals surface area contributed by atoms with Crippen molar-refractivity contribution in [2.45, 2.75) is 30.7 Å². The van der Waals surface area contributed by atoms with Gasteiger partial charge in [0, 0.05) is 19.2 Å². The Morgan fingerprint density at radius 3 is 2.83 bits per heavy atom. The number of aliphatic hydroxyl groups is 1. The lowest BCUT2D eigenvalue weighted by Gasteiger charge is -2.30. The molecule has 5 heteroatoms. The maximum absolute atomic E-state index is 9.38. The number of aromatic nitrogens is 2. The van der Waals surface area contributed by atoms with Gasteiger partial charge < -0.3 is 10.4 Å². The molecule has 2 atom stereocenters. The molecule has 1 aliphatic carbocycles. The molecule has 2 N–H and O–H groups in total. The van der Waals surface area contributed by atoms with Crippen LogP contribution in [0.25, 0.3) is 0 Å². The van der Waals surface area contributed by atoms with E-state index in [9.17, 15) is 5.11 Å². The minimum Gasteiger partial charge on any atom is -0.396 e. The number of nitrogens with zero attached hydrogens (tertiary/aromatic N) is 2. The summed E-state index contributed by atoms with van der Waals surface area (Å²) < 4.78 is 0. The number of nitrogens with one attached hydrogen (secondary N) is 1. The highest BCUT2D eigenvalue weighted by Gasteiger charge is 2.24. The summed E-state index contributed by atoms with van der Waals surface area (Å²) in [6.45, 7) is 1.21. The van der Waals surface area contributed by atoms with Crippen molar-refractivity contribution >= 4 is 17.6 Å². The average molecular weight is 267 g/mol. The Morgan fingerprint density at radius 2 is 2.11 bits per heavy atom. The molecule has 18 heavy (non-hydrogen) atoms. The van der Waals surface area contributed by atoms with Crippen LogP contribution >= 0.6 is 11.8 Å². The lowest BCUT2D eigenvalue weighted by molar-refractivity contribution is 0.141. The molecule has 2 unspecified atom stereocenters. The fraction of sp³-hybridized carbons (Fsp3) is 0.692. The van der Waals surface area contributed by atoms with E-state index in [0.717, 1.165) is 23.8 Å². The van der Waals surface area contributed by atoms with Crippen molar-refractivity contribution < 1.29 is 5.11 Å². The van der Waals surface area contributed by atoms with Crippen molar-refractivity contribution in [3.05, 3.63) is 12.4 Å². The highest BCUT2D eigenvalue weighted by atomic mass is 32.2. The molecule has 0 aliphatic heterocycles. The van der Waals surface area contributed by atoms with Gasteiger partial charge in [-0.05, 0) is 30.9 Å². The van der Waals surface area contributed by atoms with Gasteiger partial charge in [0.1, 0.15) is 17.2 Å². The monoisotopic (exact) mass is 267 g/mol. The summed E-state index contributed by atoms with van der Waals surface area (Å²) in [5, 5.41) is 13.7. The highest BCUT2D eigenvalue weighted by Crippen LogP contribution is 2.29. The normalized spacial score (nSPS) is 23.9. The maximum atomic E-state index is 9.38. The predicted molar refractivity (Wildman–Crippen MR) is 74.8 cm³/mol. The van der Waals surface area contributed by atoms with Crippen molar-refractivity contribution in [2.75, 3.05) is 24.7 Å². The summed E-state index contributed by atoms with van der Waals surface area (Å²) in [5.74, 6) is 1.90. The van der Waals surface area contributed by atoms with Crippen LogP contribution < -0.4 is 5.32 Å². The molecule has 1 aromatic heterocycles. The second-order valence-corrected chi connectivity index (χ2v) is 5.64. The first-order valence-electron chi connectivity index (χ1n) is 6.54. The van der Waals surface area contributed by atoms with Gasteiger partial charge in [0.15, 0.2) is 0 Å². The molecule has 0 saturated heterocycles. The van der Waals surface area contributed by atoms with Crippen molar-refractivity contribution in [1.29, 1.82) is 0 Å². The number of anilines is 1. The molecule has 0 aromatic carbocycles. The number of aliphatic hydroxyl groups excluding tert-OH is 1. The molecule has 1 aliphatic rings. The average Bonchev–Trinajstić information content (AvgIpc) is 2.45. The summed E-state index contributed by atoms with van der Waals surface area (Å²) in [5.41, 5.74) is 0. The van der Waals surface area contributed by atoms with E-state index in [1.54, 1.807) is 18.1 Å². The molecule has 0 bridgehead atoms. The molecule has 1 saturated carbocycles. The van der Waals surface area contributed by atoms with Gasteiger partial charge in [0.2, 0.25) is 0 Å². The molecular weight excluding hydrogens is 246 g/mol. The largest absolute Gasteiger partial charge is 0.396 e. The minimum atomic E-state index is 0.312. The van der Waals surface area contributed by atoms with Crippen LogP contribution in [0.1, 0.15) is 25.7 Å². The number of rotatable bonds is 5. The topological polar surface area (TPSA) is 58.0 Å². The van der Waals surface area contributed by atoms with Crippen LogP contribution in [-0.4, -0.2) is 34.5 Å². The van der Waals surface area contributed by atoms with Gasteiger partial charge in [-0.25, -0.2) is 9.97 Å². The first-order valence-corrected chi connectivity index (χ1v) is 7.76. The van der Waals surface area contributed by atoms with Gasteiger partial charge in [-0.15, -0.1) is 11.8 Å². The Labute approximate surface area is 113 Å². The van der Waals surface area contributed by atoms with Gasteiger partial charge in [-0.3, -0.25) is 0 Å². The molecule has 1 aromatic rings. The van der Waals surface area contributed by atoms with Crippen LogP contribution in [0.3, 0.4) is 0 Å². The summed E-state index contributed by atoms with van der Waals surface area (Å²) in [7, 11) is 0. The van der Waals surface area contributed by atoms with Crippen LogP contribution in [0.2, 0.25) is 0 Å². The Balaban J connectivity index is 1.89. The van der Waals surface area contributed by atoms with E-state index in [4.69, 9.17) is 0 Å². The summed E-state index contributed by atoms with van der Waals surface area (Å²) >= 11 is 1.62. The maximum Gasteiger partial charge on any atom is 0.130 e. The standard InChI is InChI=1S/C13H21N3OS/c1-18-13-6-12(15-9-16-13)14-7-10-4-2-3-5-11(10)8-17/h6,9-11,17H,2-5,7-8H2,1H3,(H,14,15,16). The molecular formula is C13H21N3OS. The highest BCUT2D eigenvalue weighted by molar-refractivity contribution is 7.98. The Hall–Kier alpha value is -0.810. The summed E-state index contributed by atoms with van der Waals surface area (Å²) in [6, 6.07) is 1.97. The zero-order valence-electron chi connectivity index (χ0n) is 10.8. The lowest BCUT2D eigenvalue weighted by Crippen LogP contribution is -2.28. The van der Waals surface area contributed by atoms with Crippen molar-refractivity contribution in [3.8, 4) is 0 Å². The molecule has 1 heterocycles. The van der Waals surface area contributed by atoms with Gasteiger partial charge in [0.25, 0.3) is 0 Å². The molecule has 1 fully saturated rings. The lowest BCUT2D eigenvalue weighted by atomic mass is 9.79. The number of thioether (sulfide) groups is 1. The van der Waals surface area contributed by atoms with Crippen LogP contribution in [-0.2, 0) is 0 Å². The first-order chi connectivity index (χ1) is 8.83. The zero-order chi connectivity index (χ0) is 12.8. The fourth-order valence-corrected chi connectivity index (χ4v) is 2.96. The summed E-state index contributed by atoms with van der Waals surface area (Å²) in [6.07, 6.45) is 8.50. The second-order valence-electron chi connectivity index (χ2n) is 4.81. The summed E-state index contributed by atoms with van der Waals surface area (Å²) in [4.78, 5) is 8.38. The third-order valence-corrected chi connectivity index (χ3v) is 4.34. The fourth-order valence-electron chi connectivity index (χ4n) is 2.58. The Kier molecular flexibility index (Phi) is 5.26. The first kappa shape index (κ1) is 13.6. The van der Waals surface area contributed by atoms with Crippen LogP contribution in [0.5, 0.6) is 0 Å². The van der Waals surface area contributed by atoms with Crippen LogP contribution in [0.15, 0.2) is 17.4 Å². The zero-order valence-corrected chi connectivity index (χ0v) is 11.6. The predicted octanol–water partition coefficient (Wildman–Crippen LogP) is 2.41. The Bertz CT molecular complexity index is 375. The molecule has 100 valence electrons. The van der Waals surface area contributed by atoms with Crippen LogP contribution in [0, 0.1) is 11.8 Å². The van der Waals surface area contributed by atoms with Gasteiger partial charge in [0.05, 0.1) is 0 Å². The van der Waals surface area contributed by atoms with Crippen molar-refractivity contribution in [3.63, 3.8) is 0 Å². The smallest absolute Gasteiger partial charge is 0.130 e. The van der Waals surface area contributed by atoms with Crippen molar-refractivity contribution in [1.82, 2.24) is 9.97 Å². The minimum absolute atomic E-state index is 0.312. The third-order valence-electron chi connectivity index (χ3n) is 3.70. The van der Waals surface area contributed by atoms with E-state index >= 15 is 0 Å². The van der Waals surface area contributed by atoms with E-state index < -0.39 is 0 Å². The van der Waals surface area contributed by atoms with E-state index in [0.29, 0.717) is 18.4 Å². The van der Waals surface area contributed by atoms with E-state index in [-0.39, 0.29) is 0 Å². The third kappa shape index (κ3) is 3.59. The van der Waals surface area contributed by atoms with E-state index in [1.807, 2.05) is 12.3 Å². The number of hydrogen-bond acceptors (Lipinski definition) is 5. The van der Waals surface area contributed by atoms with Crippen molar-refractivity contribution in [2.24, 2.45) is 11.8 Å². The van der Waals surface area contributed by atoms with Crippen LogP contribution in [0.4, 0.5) is 5.82 Å². The molecule has 0 spiro atoms. The molecule has 0 radical (unpaired) electrons. The van der Waals surface area contributed by atoms with Gasteiger partial charge in [-0.2, -0.15) is 0 Å². The molecule has 2 rings (SSSR count). The molecule has 0 amide bonds. The molecule has 4 nitrogen and oxygen atoms in total. The van der Waals surface area contributed by atoms with E-state index in [1.165, 1.54) is 19.3 Å². The van der Waals surface area contributed by atoms with E-state index in [2.05, 4.69) is 15.3 Å². The quantitative estimate of drug-likeness (QED) is 0.634. The number of hydrogen-bond donors (Lipinski definition) is 2. The SMILES string of the molecule is CSc1cc(NCC2CCCCC2CO)ncn1. The van der Waals surface area contributed by atoms with Gasteiger partial charge >= 0.3 is 0 Å². The second kappa shape index (κ2) is 6.95. The van der Waals surface area contributed by atoms with Gasteiger partial charge in [-0.1, -0.05) is 12.8 Å².